The largest absolute Gasteiger partial charge is 0.478 e. The molecule has 0 amide bonds. The fraction of sp³-hybridized carbons (Fsp3) is 0. The molecule has 1 N–H and O–H groups in total. The Balaban J connectivity index is 0. The van der Waals surface area contributed by atoms with Gasteiger partial charge in [0.2, 0.25) is 0 Å². The maximum Gasteiger partial charge on any atom is 0.327 e. The third-order valence-corrected chi connectivity index (χ3v) is 0.175. The molecule has 6 heavy (non-hydrogen) atoms. The zero-order valence-electron chi connectivity index (χ0n) is 3.14. The van der Waals surface area contributed by atoms with Crippen molar-refractivity contribution in [2.45, 2.75) is 0 Å². The van der Waals surface area contributed by atoms with Crippen LogP contribution in [0.1, 0.15) is 0 Å². The minimum atomic E-state index is -0.981. The molecular formula is C4H4O2. The summed E-state index contributed by atoms with van der Waals surface area (Å²) >= 11 is 0. The molecule has 0 aliphatic rings. The van der Waals surface area contributed by atoms with Crippen LogP contribution in [0.5, 0.6) is 0 Å². The SMILES string of the molecule is C=CC(=O)O.[C]. The molecule has 0 fully saturated rings. The van der Waals surface area contributed by atoms with Gasteiger partial charge in [-0.3, -0.25) is 0 Å². The van der Waals surface area contributed by atoms with E-state index in [4.69, 9.17) is 5.11 Å². The Hall–Kier alpha value is -0.790. The van der Waals surface area contributed by atoms with Crippen LogP contribution in [-0.4, -0.2) is 11.1 Å². The van der Waals surface area contributed by atoms with Gasteiger partial charge in [-0.1, -0.05) is 6.58 Å². The molecule has 0 bridgehead atoms. The van der Waals surface area contributed by atoms with Gasteiger partial charge in [0, 0.05) is 13.5 Å². The van der Waals surface area contributed by atoms with Crippen molar-refractivity contribution in [3.8, 4) is 0 Å². The summed E-state index contributed by atoms with van der Waals surface area (Å²) in [6.07, 6.45) is 0.833. The second-order valence-corrected chi connectivity index (χ2v) is 0.542. The molecule has 4 radical (unpaired) electrons. The Morgan fingerprint density at radius 1 is 1.83 bits per heavy atom. The van der Waals surface area contributed by atoms with Gasteiger partial charge in [0.15, 0.2) is 0 Å². The predicted octanol–water partition coefficient (Wildman–Crippen LogP) is 0.338. The summed E-state index contributed by atoms with van der Waals surface area (Å²) in [5.41, 5.74) is 0. The van der Waals surface area contributed by atoms with E-state index >= 15 is 0 Å². The van der Waals surface area contributed by atoms with Crippen LogP contribution in [0.3, 0.4) is 0 Å². The van der Waals surface area contributed by atoms with Gasteiger partial charge >= 0.3 is 5.97 Å². The maximum absolute atomic E-state index is 9.25. The van der Waals surface area contributed by atoms with E-state index in [0.717, 1.165) is 6.08 Å². The third kappa shape index (κ3) is 10.7. The summed E-state index contributed by atoms with van der Waals surface area (Å²) in [7, 11) is 0. The zero-order valence-corrected chi connectivity index (χ0v) is 3.14. The molecule has 2 heteroatoms. The number of carbonyl (C=O) groups is 1. The van der Waals surface area contributed by atoms with Crippen molar-refractivity contribution >= 4 is 5.97 Å². The van der Waals surface area contributed by atoms with E-state index in [2.05, 4.69) is 6.58 Å². The lowest BCUT2D eigenvalue weighted by Crippen LogP contribution is -1.82. The lowest BCUT2D eigenvalue weighted by atomic mass is 10.7. The monoisotopic (exact) mass is 84.0 g/mol. The highest BCUT2D eigenvalue weighted by atomic mass is 16.4. The molecule has 2 nitrogen and oxygen atoms in total. The van der Waals surface area contributed by atoms with Crippen LogP contribution in [0, 0.1) is 7.43 Å². The molecule has 0 saturated carbocycles. The van der Waals surface area contributed by atoms with Gasteiger partial charge in [-0.25, -0.2) is 4.79 Å². The normalized spacial score (nSPS) is 5.33. The Labute approximate surface area is 37.1 Å². The second kappa shape index (κ2) is 4.21. The van der Waals surface area contributed by atoms with Crippen LogP contribution in [0.4, 0.5) is 0 Å². The molecule has 0 aromatic carbocycles. The van der Waals surface area contributed by atoms with E-state index in [-0.39, 0.29) is 7.43 Å². The molecule has 0 aromatic rings. The predicted molar refractivity (Wildman–Crippen MR) is 21.1 cm³/mol. The lowest BCUT2D eigenvalue weighted by molar-refractivity contribution is -0.131. The van der Waals surface area contributed by atoms with Crippen molar-refractivity contribution in [2.24, 2.45) is 0 Å². The topological polar surface area (TPSA) is 37.3 Å². The van der Waals surface area contributed by atoms with Crippen LogP contribution in [-0.2, 0) is 4.79 Å². The molecule has 0 unspecified atom stereocenters. The Morgan fingerprint density at radius 3 is 2.00 bits per heavy atom. The highest BCUT2D eigenvalue weighted by Gasteiger charge is 1.73. The molecule has 0 heterocycles. The van der Waals surface area contributed by atoms with Crippen molar-refractivity contribution in [3.63, 3.8) is 0 Å². The van der Waals surface area contributed by atoms with E-state index < -0.39 is 5.97 Å². The highest BCUT2D eigenvalue weighted by Crippen LogP contribution is 1.54. The van der Waals surface area contributed by atoms with Crippen molar-refractivity contribution in [1.82, 2.24) is 0 Å². The van der Waals surface area contributed by atoms with Gasteiger partial charge in [-0.2, -0.15) is 0 Å². The summed E-state index contributed by atoms with van der Waals surface area (Å²) in [4.78, 5) is 9.25. The lowest BCUT2D eigenvalue weighted by Gasteiger charge is -1.64. The molecule has 32 valence electrons. The van der Waals surface area contributed by atoms with Crippen LogP contribution in [0.25, 0.3) is 0 Å². The fourth-order valence-corrected chi connectivity index (χ4v) is 0. The molecule has 0 atom stereocenters. The van der Waals surface area contributed by atoms with Gasteiger partial charge in [0.1, 0.15) is 0 Å². The number of carboxylic acids is 1. The first-order valence-corrected chi connectivity index (χ1v) is 1.12. The Bertz CT molecular complexity index is 56.6. The molecular weight excluding hydrogens is 80.0 g/mol. The van der Waals surface area contributed by atoms with Crippen molar-refractivity contribution in [3.05, 3.63) is 20.1 Å². The van der Waals surface area contributed by atoms with Crippen LogP contribution < -0.4 is 0 Å². The fourth-order valence-electron chi connectivity index (χ4n) is 0. The van der Waals surface area contributed by atoms with Gasteiger partial charge in [0.05, 0.1) is 0 Å². The van der Waals surface area contributed by atoms with Gasteiger partial charge in [0.25, 0.3) is 0 Å². The summed E-state index contributed by atoms with van der Waals surface area (Å²) in [6, 6.07) is 0. The van der Waals surface area contributed by atoms with Crippen molar-refractivity contribution < 1.29 is 9.90 Å². The third-order valence-electron chi connectivity index (χ3n) is 0.175. The molecule has 0 saturated heterocycles. The summed E-state index contributed by atoms with van der Waals surface area (Å²) < 4.78 is 0. The first kappa shape index (κ1) is 8.96. The minimum absolute atomic E-state index is 0. The number of hydrogen-bond donors (Lipinski definition) is 1. The van der Waals surface area contributed by atoms with E-state index in [9.17, 15) is 4.79 Å². The average molecular weight is 84.1 g/mol. The molecule has 0 aromatic heterocycles. The second-order valence-electron chi connectivity index (χ2n) is 0.542. The summed E-state index contributed by atoms with van der Waals surface area (Å²) in [5.74, 6) is -0.981. The minimum Gasteiger partial charge on any atom is -0.478 e. The zero-order chi connectivity index (χ0) is 4.28. The van der Waals surface area contributed by atoms with Crippen LogP contribution in [0.2, 0.25) is 0 Å². The number of hydrogen-bond acceptors (Lipinski definition) is 1. The van der Waals surface area contributed by atoms with E-state index in [1.807, 2.05) is 0 Å². The number of carboxylic acid groups (broad SMARTS) is 1. The maximum atomic E-state index is 9.25. The highest BCUT2D eigenvalue weighted by molar-refractivity contribution is 5.78. The first-order chi connectivity index (χ1) is 2.27. The smallest absolute Gasteiger partial charge is 0.327 e. The first-order valence-electron chi connectivity index (χ1n) is 1.12. The number of rotatable bonds is 1. The summed E-state index contributed by atoms with van der Waals surface area (Å²) in [6.45, 7) is 2.96. The van der Waals surface area contributed by atoms with Crippen LogP contribution in [0.15, 0.2) is 12.7 Å². The van der Waals surface area contributed by atoms with E-state index in [1.165, 1.54) is 0 Å². The Morgan fingerprint density at radius 2 is 2.00 bits per heavy atom. The van der Waals surface area contributed by atoms with E-state index in [1.54, 1.807) is 0 Å². The van der Waals surface area contributed by atoms with Crippen molar-refractivity contribution in [2.75, 3.05) is 0 Å². The van der Waals surface area contributed by atoms with Gasteiger partial charge < -0.3 is 5.11 Å². The molecule has 0 rings (SSSR count). The summed E-state index contributed by atoms with van der Waals surface area (Å²) in [5, 5.41) is 7.60. The van der Waals surface area contributed by atoms with Crippen LogP contribution >= 0.6 is 0 Å². The van der Waals surface area contributed by atoms with E-state index in [0.29, 0.717) is 0 Å². The molecule has 0 spiro atoms. The molecule has 0 aliphatic carbocycles. The Kier molecular flexibility index (Phi) is 6.29. The quantitative estimate of drug-likeness (QED) is 0.465. The average Bonchev–Trinajstić information content (AvgIpc) is 1.38. The standard InChI is InChI=1S/C3H4O2.C/c1-2-3(4)5;/h2H,1H2,(H,4,5);. The van der Waals surface area contributed by atoms with Gasteiger partial charge in [-0.15, -0.1) is 0 Å². The molecule has 0 aliphatic heterocycles. The number of aliphatic carboxylic acids is 1. The van der Waals surface area contributed by atoms with Gasteiger partial charge in [-0.05, 0) is 0 Å². The van der Waals surface area contributed by atoms with Crippen molar-refractivity contribution in [1.29, 1.82) is 0 Å².